The lowest BCUT2D eigenvalue weighted by molar-refractivity contribution is -0.159. The highest BCUT2D eigenvalue weighted by Gasteiger charge is 2.65. The van der Waals surface area contributed by atoms with Crippen molar-refractivity contribution in [1.82, 2.24) is 4.57 Å². The number of anilines is 3. The molecule has 2 heteroatoms. The molecule has 9 aromatic rings. The molecule has 8 aromatic carbocycles. The van der Waals surface area contributed by atoms with E-state index in [9.17, 15) is 0 Å². The summed E-state index contributed by atoms with van der Waals surface area (Å²) in [6.45, 7) is 2.49. The minimum Gasteiger partial charge on any atom is -0.310 e. The maximum Gasteiger partial charge on any atom is 0.0541 e. The van der Waals surface area contributed by atoms with Crippen molar-refractivity contribution in [2.75, 3.05) is 4.90 Å². The second kappa shape index (κ2) is 14.0. The molecular formula is C58H48N2. The van der Waals surface area contributed by atoms with Gasteiger partial charge in [-0.2, -0.15) is 0 Å². The number of hydrogen-bond donors (Lipinski definition) is 0. The first kappa shape index (κ1) is 35.3. The van der Waals surface area contributed by atoms with Crippen LogP contribution in [-0.2, 0) is 5.41 Å². The minimum absolute atomic E-state index is 0.381. The monoisotopic (exact) mass is 772 g/mol. The van der Waals surface area contributed by atoms with Crippen LogP contribution in [0.3, 0.4) is 0 Å². The normalized spacial score (nSPS) is 21.6. The Morgan fingerprint density at radius 1 is 0.450 bits per heavy atom. The lowest BCUT2D eigenvalue weighted by Crippen LogP contribution is -2.65. The van der Waals surface area contributed by atoms with Crippen molar-refractivity contribution in [2.45, 2.75) is 38.0 Å². The van der Waals surface area contributed by atoms with Gasteiger partial charge >= 0.3 is 0 Å². The first-order chi connectivity index (χ1) is 29.6. The number of para-hydroxylation sites is 3. The van der Waals surface area contributed by atoms with E-state index >= 15 is 0 Å². The van der Waals surface area contributed by atoms with E-state index in [0.717, 1.165) is 35.0 Å². The van der Waals surface area contributed by atoms with Crippen molar-refractivity contribution in [1.29, 1.82) is 0 Å². The Morgan fingerprint density at radius 2 is 1.02 bits per heavy atom. The minimum atomic E-state index is 0.381. The van der Waals surface area contributed by atoms with E-state index in [-0.39, 0.29) is 0 Å². The number of aromatic nitrogens is 1. The van der Waals surface area contributed by atoms with Crippen LogP contribution < -0.4 is 4.90 Å². The van der Waals surface area contributed by atoms with Crippen LogP contribution in [0.1, 0.15) is 38.2 Å². The molecule has 60 heavy (non-hydrogen) atoms. The molecule has 12 rings (SSSR count). The summed E-state index contributed by atoms with van der Waals surface area (Å²) >= 11 is 0. The number of rotatable bonds is 8. The van der Waals surface area contributed by atoms with Crippen LogP contribution in [0.15, 0.2) is 200 Å². The van der Waals surface area contributed by atoms with E-state index in [0.29, 0.717) is 5.41 Å². The lowest BCUT2D eigenvalue weighted by Gasteiger charge is -2.70. The third-order valence-electron chi connectivity index (χ3n) is 14.6. The summed E-state index contributed by atoms with van der Waals surface area (Å²) in [5.41, 5.74) is 16.3. The van der Waals surface area contributed by atoms with E-state index in [1.54, 1.807) is 5.56 Å². The zero-order chi connectivity index (χ0) is 39.8. The zero-order valence-corrected chi connectivity index (χ0v) is 34.1. The third-order valence-corrected chi connectivity index (χ3v) is 14.6. The number of nitrogens with zero attached hydrogens (tertiary/aromatic N) is 2. The molecule has 1 aromatic heterocycles. The fraction of sp³-hybridized carbons (Fsp3) is 0.172. The summed E-state index contributed by atoms with van der Waals surface area (Å²) in [5, 5.41) is 2.55. The molecule has 3 fully saturated rings. The molecule has 0 radical (unpaired) electrons. The van der Waals surface area contributed by atoms with E-state index in [1.165, 1.54) is 92.2 Å². The largest absolute Gasteiger partial charge is 0.310 e. The molecule has 1 heterocycles. The molecule has 2 nitrogen and oxygen atoms in total. The molecule has 0 spiro atoms. The predicted molar refractivity (Wildman–Crippen MR) is 252 cm³/mol. The second-order valence-electron chi connectivity index (χ2n) is 18.0. The fourth-order valence-electron chi connectivity index (χ4n) is 12.1. The van der Waals surface area contributed by atoms with Gasteiger partial charge in [-0.15, -0.1) is 0 Å². The number of benzene rings is 8. The molecular weight excluding hydrogens is 725 g/mol. The van der Waals surface area contributed by atoms with Crippen molar-refractivity contribution < 1.29 is 0 Å². The van der Waals surface area contributed by atoms with Gasteiger partial charge in [-0.3, -0.25) is 0 Å². The van der Waals surface area contributed by atoms with Gasteiger partial charge < -0.3 is 9.47 Å². The van der Waals surface area contributed by atoms with Gasteiger partial charge in [0.2, 0.25) is 0 Å². The second-order valence-corrected chi connectivity index (χ2v) is 18.0. The lowest BCUT2D eigenvalue weighted by atomic mass is 9.34. The van der Waals surface area contributed by atoms with Crippen LogP contribution in [0.4, 0.5) is 17.1 Å². The summed E-state index contributed by atoms with van der Waals surface area (Å²) in [5.74, 6) is 3.61. The smallest absolute Gasteiger partial charge is 0.0541 e. The van der Waals surface area contributed by atoms with Gasteiger partial charge in [0.25, 0.3) is 0 Å². The Morgan fingerprint density at radius 3 is 1.72 bits per heavy atom. The van der Waals surface area contributed by atoms with Crippen LogP contribution in [0.5, 0.6) is 0 Å². The molecule has 3 aliphatic carbocycles. The van der Waals surface area contributed by atoms with Crippen LogP contribution in [0.25, 0.3) is 60.9 Å². The maximum atomic E-state index is 2.49. The highest BCUT2D eigenvalue weighted by atomic mass is 15.1. The Hall–Kier alpha value is -6.64. The van der Waals surface area contributed by atoms with Crippen LogP contribution >= 0.6 is 0 Å². The molecule has 3 saturated carbocycles. The van der Waals surface area contributed by atoms with Gasteiger partial charge in [0.05, 0.1) is 16.7 Å². The number of fused-ring (bicyclic) bond motifs is 3. The van der Waals surface area contributed by atoms with Crippen molar-refractivity contribution in [3.05, 3.63) is 206 Å². The quantitative estimate of drug-likeness (QED) is 0.149. The van der Waals surface area contributed by atoms with Crippen LogP contribution in [-0.4, -0.2) is 4.57 Å². The standard InChI is InChI=1S/C58H48N2/c1-39-34-45-35-46-38-58(37-39,57(45)46)47-28-32-49(33-29-47)59(50-15-11-14-44(36-50)42-24-22-41(23-25-42)40-12-3-2-4-13-40)48-30-26-43(27-31-48)51-16-5-8-19-54(51)60-55-20-9-6-17-52(55)53-18-7-10-21-56(53)60/h2-33,36,39,45-46,57H,34-35,37-38H2,1H3/t39-,45?,46-,57?,58-/m0/s1. The van der Waals surface area contributed by atoms with Crippen molar-refractivity contribution in [3.63, 3.8) is 0 Å². The molecule has 3 aliphatic rings. The van der Waals surface area contributed by atoms with E-state index in [2.05, 4.69) is 217 Å². The van der Waals surface area contributed by atoms with Gasteiger partial charge in [-0.1, -0.05) is 153 Å². The summed E-state index contributed by atoms with van der Waals surface area (Å²) < 4.78 is 2.43. The molecule has 0 aliphatic heterocycles. The summed E-state index contributed by atoms with van der Waals surface area (Å²) in [6, 6.07) is 74.1. The van der Waals surface area contributed by atoms with Crippen molar-refractivity contribution >= 4 is 38.9 Å². The first-order valence-corrected chi connectivity index (χ1v) is 22.0. The molecule has 0 amide bonds. The van der Waals surface area contributed by atoms with Gasteiger partial charge in [0, 0.05) is 33.4 Å². The zero-order valence-electron chi connectivity index (χ0n) is 34.1. The fourth-order valence-corrected chi connectivity index (χ4v) is 12.1. The van der Waals surface area contributed by atoms with E-state index in [1.807, 2.05) is 0 Å². The Labute approximate surface area is 353 Å². The van der Waals surface area contributed by atoms with Crippen molar-refractivity contribution in [3.8, 4) is 39.1 Å². The maximum absolute atomic E-state index is 2.49. The SMILES string of the molecule is C[C@H]1CC2C[C@H]3C[C@](c4ccc(N(c5ccc(-c6ccccc6-n6c7ccccc7c7ccccc76)cc5)c5cccc(-c6ccc(-c7ccccc7)cc6)c5)cc4)(C1)C23. The Balaban J connectivity index is 0.937. The number of hydrogen-bond acceptors (Lipinski definition) is 1. The van der Waals surface area contributed by atoms with E-state index in [4.69, 9.17) is 0 Å². The topological polar surface area (TPSA) is 8.17 Å². The summed E-state index contributed by atoms with van der Waals surface area (Å²) in [4.78, 5) is 2.45. The molecule has 0 bridgehead atoms. The van der Waals surface area contributed by atoms with Crippen molar-refractivity contribution in [2.24, 2.45) is 23.7 Å². The van der Waals surface area contributed by atoms with Gasteiger partial charge in [0.1, 0.15) is 0 Å². The Kier molecular flexibility index (Phi) is 8.23. The van der Waals surface area contributed by atoms with Gasteiger partial charge in [-0.05, 0) is 143 Å². The molecule has 5 atom stereocenters. The van der Waals surface area contributed by atoms with Gasteiger partial charge in [0.15, 0.2) is 0 Å². The molecule has 290 valence electrons. The summed E-state index contributed by atoms with van der Waals surface area (Å²) in [6.07, 6.45) is 5.62. The third kappa shape index (κ3) is 5.61. The Bertz CT molecular complexity index is 2960. The first-order valence-electron chi connectivity index (χ1n) is 22.0. The van der Waals surface area contributed by atoms with Gasteiger partial charge in [-0.25, -0.2) is 0 Å². The highest BCUT2D eigenvalue weighted by Crippen LogP contribution is 2.71. The van der Waals surface area contributed by atoms with E-state index < -0.39 is 0 Å². The molecule has 2 unspecified atom stereocenters. The predicted octanol–water partition coefficient (Wildman–Crippen LogP) is 15.6. The van der Waals surface area contributed by atoms with Crippen LogP contribution in [0, 0.1) is 23.7 Å². The molecule has 0 saturated heterocycles. The summed E-state index contributed by atoms with van der Waals surface area (Å²) in [7, 11) is 0. The average Bonchev–Trinajstić information content (AvgIpc) is 3.63. The van der Waals surface area contributed by atoms with Crippen LogP contribution in [0.2, 0.25) is 0 Å². The average molecular weight is 773 g/mol. The highest BCUT2D eigenvalue weighted by molar-refractivity contribution is 6.09. The molecule has 0 N–H and O–H groups in total.